The highest BCUT2D eigenvalue weighted by Crippen LogP contribution is 2.55. The highest BCUT2D eigenvalue weighted by Gasteiger charge is 2.44. The number of hydrogen-bond donors (Lipinski definition) is 0. The molecule has 0 N–H and O–H groups in total. The Hall–Kier alpha value is -1.80. The third kappa shape index (κ3) is 5.92. The van der Waals surface area contributed by atoms with Crippen molar-refractivity contribution in [2.45, 2.75) is 19.9 Å². The smallest absolute Gasteiger partial charge is 0.169 e. The van der Waals surface area contributed by atoms with Gasteiger partial charge < -0.3 is 34.0 Å². The quantitative estimate of drug-likeness (QED) is 0.196. The first kappa shape index (κ1) is 25.5. The van der Waals surface area contributed by atoms with Gasteiger partial charge in [0.15, 0.2) is 18.9 Å². The largest absolute Gasteiger partial charge is 1.00 e. The van der Waals surface area contributed by atoms with Crippen molar-refractivity contribution >= 4 is 23.2 Å². The third-order valence-corrected chi connectivity index (χ3v) is 10.1. The lowest BCUT2D eigenvalue weighted by atomic mass is 10.3. The first-order valence-electron chi connectivity index (χ1n) is 10.3. The van der Waals surface area contributed by atoms with Crippen molar-refractivity contribution in [3.8, 4) is 0 Å². The number of aryl methyl sites for hydroxylation is 2. The van der Waals surface area contributed by atoms with E-state index in [1.54, 1.807) is 0 Å². The van der Waals surface area contributed by atoms with Crippen LogP contribution in [0.15, 0.2) is 116 Å². The van der Waals surface area contributed by atoms with Gasteiger partial charge in [0.2, 0.25) is 0 Å². The molecule has 0 atom stereocenters. The van der Waals surface area contributed by atoms with Gasteiger partial charge in [0.05, 0.1) is 6.16 Å². The van der Waals surface area contributed by atoms with Gasteiger partial charge in [-0.15, -0.1) is 0 Å². The van der Waals surface area contributed by atoms with E-state index < -0.39 is 7.26 Å². The van der Waals surface area contributed by atoms with Crippen LogP contribution in [-0.2, 0) is 6.54 Å². The maximum Gasteiger partial charge on any atom is 0.169 e. The predicted octanol–water partition coefficient (Wildman–Crippen LogP) is -1.33. The molecule has 4 rings (SSSR count). The van der Waals surface area contributed by atoms with Crippen LogP contribution < -0.4 is 54.4 Å². The Morgan fingerprint density at radius 2 is 0.968 bits per heavy atom. The molecular weight excluding hydrogens is 529 g/mol. The fraction of sp³-hybridized carbons (Fsp3) is 0.148. The lowest BCUT2D eigenvalue weighted by Crippen LogP contribution is -3.00. The van der Waals surface area contributed by atoms with Crippen molar-refractivity contribution in [1.29, 1.82) is 0 Å². The lowest BCUT2D eigenvalue weighted by molar-refractivity contribution is -0.696. The summed E-state index contributed by atoms with van der Waals surface area (Å²) in [7, 11) is -1.71. The summed E-state index contributed by atoms with van der Waals surface area (Å²) in [6, 6.07) is 37.8. The molecule has 1 nitrogen and oxygen atoms in total. The van der Waals surface area contributed by atoms with Crippen molar-refractivity contribution in [1.82, 2.24) is 0 Å². The zero-order chi connectivity index (χ0) is 19.9. The molecule has 4 aromatic rings. The molecule has 0 saturated heterocycles. The van der Waals surface area contributed by atoms with Crippen molar-refractivity contribution in [3.63, 3.8) is 0 Å². The molecule has 4 heteroatoms. The number of halogens is 2. The highest BCUT2D eigenvalue weighted by molar-refractivity contribution is 7.95. The summed E-state index contributed by atoms with van der Waals surface area (Å²) in [5, 5.41) is 4.39. The summed E-state index contributed by atoms with van der Waals surface area (Å²) in [5.41, 5.74) is 1.31. The van der Waals surface area contributed by atoms with Gasteiger partial charge in [0, 0.05) is 18.6 Å². The second-order valence-electron chi connectivity index (χ2n) is 7.51. The molecule has 0 aliphatic carbocycles. The van der Waals surface area contributed by atoms with E-state index in [1.807, 2.05) is 0 Å². The Bertz CT molecular complexity index is 926. The van der Waals surface area contributed by atoms with E-state index in [0.717, 1.165) is 19.1 Å². The van der Waals surface area contributed by atoms with Gasteiger partial charge in [-0.2, -0.15) is 0 Å². The number of pyridine rings is 1. The highest BCUT2D eigenvalue weighted by atomic mass is 79.9. The molecule has 0 radical (unpaired) electrons. The van der Waals surface area contributed by atoms with Gasteiger partial charge in [0.1, 0.15) is 23.2 Å². The van der Waals surface area contributed by atoms with E-state index in [4.69, 9.17) is 0 Å². The van der Waals surface area contributed by atoms with Crippen LogP contribution in [0.5, 0.6) is 0 Å². The molecule has 31 heavy (non-hydrogen) atoms. The molecule has 0 spiro atoms. The Morgan fingerprint density at radius 1 is 0.581 bits per heavy atom. The molecular formula is C27H28Br2NP. The van der Waals surface area contributed by atoms with Crippen molar-refractivity contribution in [2.75, 3.05) is 6.16 Å². The molecule has 0 saturated carbocycles. The summed E-state index contributed by atoms with van der Waals surface area (Å²) in [4.78, 5) is 0. The zero-order valence-electron chi connectivity index (χ0n) is 17.7. The Morgan fingerprint density at radius 3 is 1.35 bits per heavy atom. The molecule has 160 valence electrons. The Labute approximate surface area is 208 Å². The fourth-order valence-corrected chi connectivity index (χ4v) is 8.38. The molecule has 1 heterocycles. The van der Waals surface area contributed by atoms with Gasteiger partial charge in [-0.3, -0.25) is 0 Å². The van der Waals surface area contributed by atoms with Crippen molar-refractivity contribution in [2.24, 2.45) is 0 Å². The molecule has 0 bridgehead atoms. The van der Waals surface area contributed by atoms with Gasteiger partial charge >= 0.3 is 0 Å². The van der Waals surface area contributed by atoms with Crippen LogP contribution in [0, 0.1) is 6.92 Å². The number of aromatic nitrogens is 1. The predicted molar refractivity (Wildman–Crippen MR) is 126 cm³/mol. The van der Waals surface area contributed by atoms with E-state index >= 15 is 0 Å². The monoisotopic (exact) mass is 555 g/mol. The summed E-state index contributed by atoms with van der Waals surface area (Å²) in [6.45, 7) is 3.18. The minimum atomic E-state index is -1.71. The average Bonchev–Trinajstić information content (AvgIpc) is 2.80. The average molecular weight is 557 g/mol. The van der Waals surface area contributed by atoms with E-state index in [1.165, 1.54) is 21.5 Å². The normalized spacial score (nSPS) is 10.6. The summed E-state index contributed by atoms with van der Waals surface area (Å²) >= 11 is 0. The first-order valence-corrected chi connectivity index (χ1v) is 12.3. The van der Waals surface area contributed by atoms with Crippen LogP contribution in [-0.4, -0.2) is 6.16 Å². The lowest BCUT2D eigenvalue weighted by Gasteiger charge is -2.27. The number of rotatable bonds is 7. The minimum Gasteiger partial charge on any atom is -1.00 e. The Kier molecular flexibility index (Phi) is 10.1. The van der Waals surface area contributed by atoms with Gasteiger partial charge in [-0.05, 0) is 48.9 Å². The van der Waals surface area contributed by atoms with Crippen molar-refractivity contribution < 1.29 is 38.5 Å². The maximum atomic E-state index is 2.33. The van der Waals surface area contributed by atoms with Crippen LogP contribution in [0.2, 0.25) is 0 Å². The summed E-state index contributed by atoms with van der Waals surface area (Å²) in [6.07, 6.45) is 6.69. The Balaban J connectivity index is 0.00000171. The van der Waals surface area contributed by atoms with Crippen LogP contribution >= 0.6 is 7.26 Å². The molecule has 1 aromatic heterocycles. The van der Waals surface area contributed by atoms with E-state index in [2.05, 4.69) is 127 Å². The van der Waals surface area contributed by atoms with E-state index in [-0.39, 0.29) is 34.0 Å². The second kappa shape index (κ2) is 12.3. The summed E-state index contributed by atoms with van der Waals surface area (Å²) in [5.74, 6) is 0. The fourth-order valence-electron chi connectivity index (χ4n) is 4.05. The topological polar surface area (TPSA) is 3.88 Å². The number of nitrogens with zero attached hydrogens (tertiary/aromatic N) is 1. The summed E-state index contributed by atoms with van der Waals surface area (Å²) < 4.78 is 2.31. The maximum absolute atomic E-state index is 2.33. The van der Waals surface area contributed by atoms with Crippen molar-refractivity contribution in [3.05, 3.63) is 121 Å². The number of benzene rings is 3. The third-order valence-electron chi connectivity index (χ3n) is 5.56. The number of hydrogen-bond acceptors (Lipinski definition) is 0. The standard InChI is InChI=1S/C27H28NP.2BrH/c1-24-18-21-28(22-19-24)20-11-23-29(25-12-5-2-6-13-25,26-14-7-3-8-15-26)27-16-9-4-10-17-27;;/h2-10,12-19,21-22H,11,20,23H2,1H3;2*1H/q+2;;/p-2. The first-order chi connectivity index (χ1) is 14.3. The van der Waals surface area contributed by atoms with Gasteiger partial charge in [0.25, 0.3) is 0 Å². The van der Waals surface area contributed by atoms with E-state index in [0.29, 0.717) is 0 Å². The zero-order valence-corrected chi connectivity index (χ0v) is 21.8. The molecule has 0 unspecified atom stereocenters. The molecule has 3 aromatic carbocycles. The molecule has 0 fully saturated rings. The van der Waals surface area contributed by atoms with Crippen LogP contribution in [0.3, 0.4) is 0 Å². The van der Waals surface area contributed by atoms with Crippen LogP contribution in [0.4, 0.5) is 0 Å². The van der Waals surface area contributed by atoms with Crippen LogP contribution in [0.25, 0.3) is 0 Å². The van der Waals surface area contributed by atoms with Crippen LogP contribution in [0.1, 0.15) is 12.0 Å². The molecule has 0 amide bonds. The second-order valence-corrected chi connectivity index (χ2v) is 11.1. The minimum absolute atomic E-state index is 0. The van der Waals surface area contributed by atoms with Gasteiger partial charge in [-0.1, -0.05) is 54.6 Å². The molecule has 0 aliphatic heterocycles. The SMILES string of the molecule is Cc1cc[n+](CCC[P+](c2ccccc2)(c2ccccc2)c2ccccc2)cc1.[Br-].[Br-]. The van der Waals surface area contributed by atoms with Gasteiger partial charge in [-0.25, -0.2) is 4.57 Å². The molecule has 0 aliphatic rings. The van der Waals surface area contributed by atoms with E-state index in [9.17, 15) is 0 Å².